The summed E-state index contributed by atoms with van der Waals surface area (Å²) in [6.07, 6.45) is 5.16. The summed E-state index contributed by atoms with van der Waals surface area (Å²) in [5, 5.41) is 1.81. The molecular formula is C16H21ClN2S. The number of benzene rings is 1. The molecule has 0 aliphatic rings. The molecule has 20 heavy (non-hydrogen) atoms. The zero-order valence-corrected chi connectivity index (χ0v) is 13.8. The van der Waals surface area contributed by atoms with Gasteiger partial charge in [-0.3, -0.25) is 9.88 Å². The Bertz CT molecular complexity index is 573. The lowest BCUT2D eigenvalue weighted by molar-refractivity contribution is 0.248. The molecule has 1 atom stereocenters. The average Bonchev–Trinajstić information content (AvgIpc) is 2.48. The summed E-state index contributed by atoms with van der Waals surface area (Å²) in [5.41, 5.74) is 2.26. The lowest BCUT2D eigenvalue weighted by Gasteiger charge is -2.27. The highest BCUT2D eigenvalue weighted by Gasteiger charge is 2.14. The Morgan fingerprint density at radius 3 is 2.85 bits per heavy atom. The van der Waals surface area contributed by atoms with E-state index >= 15 is 0 Å². The molecule has 0 spiro atoms. The van der Waals surface area contributed by atoms with Gasteiger partial charge in [-0.1, -0.05) is 24.6 Å². The van der Waals surface area contributed by atoms with E-state index in [4.69, 9.17) is 11.6 Å². The number of thioether (sulfide) groups is 1. The van der Waals surface area contributed by atoms with E-state index in [9.17, 15) is 0 Å². The minimum absolute atomic E-state index is 0.597. The molecule has 108 valence electrons. The topological polar surface area (TPSA) is 16.1 Å². The van der Waals surface area contributed by atoms with Crippen molar-refractivity contribution in [3.8, 4) is 0 Å². The third kappa shape index (κ3) is 3.46. The summed E-state index contributed by atoms with van der Waals surface area (Å²) in [4.78, 5) is 6.92. The Balaban J connectivity index is 2.27. The van der Waals surface area contributed by atoms with Gasteiger partial charge in [-0.25, -0.2) is 0 Å². The van der Waals surface area contributed by atoms with Crippen molar-refractivity contribution in [3.05, 3.63) is 41.0 Å². The van der Waals surface area contributed by atoms with Crippen LogP contribution in [-0.2, 0) is 6.54 Å². The van der Waals surface area contributed by atoms with E-state index < -0.39 is 0 Å². The maximum atomic E-state index is 6.25. The van der Waals surface area contributed by atoms with Gasteiger partial charge in [0.05, 0.1) is 5.52 Å². The van der Waals surface area contributed by atoms with Crippen molar-refractivity contribution in [3.63, 3.8) is 0 Å². The normalized spacial score (nSPS) is 13.1. The lowest BCUT2D eigenvalue weighted by Crippen LogP contribution is -2.32. The highest BCUT2D eigenvalue weighted by atomic mass is 35.5. The van der Waals surface area contributed by atoms with Crippen LogP contribution < -0.4 is 0 Å². The molecule has 1 aromatic carbocycles. The lowest BCUT2D eigenvalue weighted by atomic mass is 10.1. The summed E-state index contributed by atoms with van der Waals surface area (Å²) in [6, 6.07) is 8.64. The molecule has 0 unspecified atom stereocenters. The molecule has 0 aliphatic heterocycles. The van der Waals surface area contributed by atoms with Gasteiger partial charge in [0.2, 0.25) is 0 Å². The van der Waals surface area contributed by atoms with E-state index in [-0.39, 0.29) is 0 Å². The van der Waals surface area contributed by atoms with Crippen molar-refractivity contribution >= 4 is 34.3 Å². The summed E-state index contributed by atoms with van der Waals surface area (Å²) >= 11 is 8.15. The number of halogens is 1. The second-order valence-corrected chi connectivity index (χ2v) is 6.36. The first-order chi connectivity index (χ1) is 9.67. The summed E-state index contributed by atoms with van der Waals surface area (Å²) in [6.45, 7) is 3.15. The van der Waals surface area contributed by atoms with Gasteiger partial charge in [0.1, 0.15) is 0 Å². The highest BCUT2D eigenvalue weighted by molar-refractivity contribution is 7.98. The molecule has 0 saturated carbocycles. The van der Waals surface area contributed by atoms with Crippen molar-refractivity contribution in [1.29, 1.82) is 0 Å². The standard InChI is InChI=1S/C16H21ClN2S/c1-4-13(11-20-3)19(2)10-12-7-8-15(17)14-6-5-9-18-16(12)14/h5-9,13H,4,10-11H2,1-3H3/t13-/m0/s1. The van der Waals surface area contributed by atoms with E-state index in [2.05, 4.69) is 36.2 Å². The summed E-state index contributed by atoms with van der Waals surface area (Å²) in [7, 11) is 2.19. The fourth-order valence-electron chi connectivity index (χ4n) is 2.47. The first kappa shape index (κ1) is 15.6. The van der Waals surface area contributed by atoms with Crippen LogP contribution in [0.1, 0.15) is 18.9 Å². The number of rotatable bonds is 6. The van der Waals surface area contributed by atoms with Gasteiger partial charge in [-0.15, -0.1) is 0 Å². The van der Waals surface area contributed by atoms with Crippen LogP contribution in [0.5, 0.6) is 0 Å². The van der Waals surface area contributed by atoms with Crippen molar-refractivity contribution < 1.29 is 0 Å². The first-order valence-corrected chi connectivity index (χ1v) is 8.65. The van der Waals surface area contributed by atoms with Crippen LogP contribution in [0, 0.1) is 0 Å². The van der Waals surface area contributed by atoms with Gasteiger partial charge < -0.3 is 0 Å². The molecule has 4 heteroatoms. The number of nitrogens with zero attached hydrogens (tertiary/aromatic N) is 2. The molecule has 2 nitrogen and oxygen atoms in total. The van der Waals surface area contributed by atoms with Crippen LogP contribution in [0.3, 0.4) is 0 Å². The fourth-order valence-corrected chi connectivity index (χ4v) is 3.56. The van der Waals surface area contributed by atoms with Crippen LogP contribution in [-0.4, -0.2) is 35.0 Å². The maximum Gasteiger partial charge on any atom is 0.0761 e. The van der Waals surface area contributed by atoms with Crippen LogP contribution in [0.2, 0.25) is 5.02 Å². The average molecular weight is 309 g/mol. The van der Waals surface area contributed by atoms with Gasteiger partial charge in [0.15, 0.2) is 0 Å². The molecular weight excluding hydrogens is 288 g/mol. The Labute approximate surface area is 130 Å². The highest BCUT2D eigenvalue weighted by Crippen LogP contribution is 2.26. The molecule has 0 radical (unpaired) electrons. The first-order valence-electron chi connectivity index (χ1n) is 6.88. The minimum atomic E-state index is 0.597. The van der Waals surface area contributed by atoms with Crippen molar-refractivity contribution in [2.75, 3.05) is 19.1 Å². The van der Waals surface area contributed by atoms with E-state index in [1.54, 1.807) is 0 Å². The second kappa shape index (κ2) is 7.30. The zero-order valence-electron chi connectivity index (χ0n) is 12.3. The molecule has 0 aliphatic carbocycles. The predicted molar refractivity (Wildman–Crippen MR) is 90.7 cm³/mol. The molecule has 2 rings (SSSR count). The fraction of sp³-hybridized carbons (Fsp3) is 0.438. The Kier molecular flexibility index (Phi) is 5.70. The maximum absolute atomic E-state index is 6.25. The minimum Gasteiger partial charge on any atom is -0.298 e. The second-order valence-electron chi connectivity index (χ2n) is 5.04. The molecule has 0 amide bonds. The quantitative estimate of drug-likeness (QED) is 0.783. The molecule has 1 heterocycles. The van der Waals surface area contributed by atoms with Crippen LogP contribution >= 0.6 is 23.4 Å². The third-order valence-electron chi connectivity index (χ3n) is 3.67. The number of hydrogen-bond acceptors (Lipinski definition) is 3. The number of hydrogen-bond donors (Lipinski definition) is 0. The number of pyridine rings is 1. The van der Waals surface area contributed by atoms with E-state index in [1.807, 2.05) is 36.2 Å². The van der Waals surface area contributed by atoms with Gasteiger partial charge >= 0.3 is 0 Å². The van der Waals surface area contributed by atoms with Gasteiger partial charge in [-0.05, 0) is 43.5 Å². The van der Waals surface area contributed by atoms with Crippen molar-refractivity contribution in [2.24, 2.45) is 0 Å². The number of aromatic nitrogens is 1. The van der Waals surface area contributed by atoms with Gasteiger partial charge in [-0.2, -0.15) is 11.8 Å². The molecule has 2 aromatic rings. The summed E-state index contributed by atoms with van der Waals surface area (Å²) < 4.78 is 0. The summed E-state index contributed by atoms with van der Waals surface area (Å²) in [5.74, 6) is 1.16. The zero-order chi connectivity index (χ0) is 14.5. The predicted octanol–water partition coefficient (Wildman–Crippen LogP) is 4.46. The van der Waals surface area contributed by atoms with Crippen LogP contribution in [0.15, 0.2) is 30.5 Å². The largest absolute Gasteiger partial charge is 0.298 e. The van der Waals surface area contributed by atoms with Gasteiger partial charge in [0, 0.05) is 34.9 Å². The van der Waals surface area contributed by atoms with E-state index in [0.29, 0.717) is 6.04 Å². The van der Waals surface area contributed by atoms with E-state index in [1.165, 1.54) is 5.56 Å². The molecule has 0 N–H and O–H groups in total. The molecule has 1 aromatic heterocycles. The Morgan fingerprint density at radius 2 is 2.15 bits per heavy atom. The third-order valence-corrected chi connectivity index (χ3v) is 4.72. The molecule has 0 fully saturated rings. The van der Waals surface area contributed by atoms with Crippen LogP contribution in [0.25, 0.3) is 10.9 Å². The number of fused-ring (bicyclic) bond motifs is 1. The van der Waals surface area contributed by atoms with Crippen LogP contribution in [0.4, 0.5) is 0 Å². The Hall–Kier alpha value is -0.770. The van der Waals surface area contributed by atoms with Crippen molar-refractivity contribution in [1.82, 2.24) is 9.88 Å². The van der Waals surface area contributed by atoms with Crippen molar-refractivity contribution in [2.45, 2.75) is 25.9 Å². The van der Waals surface area contributed by atoms with Gasteiger partial charge in [0.25, 0.3) is 0 Å². The smallest absolute Gasteiger partial charge is 0.0761 e. The SMILES string of the molecule is CC[C@@H](CSC)N(C)Cc1ccc(Cl)c2cccnc12. The molecule has 0 saturated heterocycles. The molecule has 0 bridgehead atoms. The monoisotopic (exact) mass is 308 g/mol. The Morgan fingerprint density at radius 1 is 1.35 bits per heavy atom. The van der Waals surface area contributed by atoms with E-state index in [0.717, 1.165) is 34.6 Å².